The molecule has 0 heterocycles. The Morgan fingerprint density at radius 1 is 1.33 bits per heavy atom. The number of Topliss-reactive ketones (excluding diaryl/α,β-unsaturated/α-hetero) is 1. The number of fused-ring (bicyclic) bond motifs is 2. The van der Waals surface area contributed by atoms with Gasteiger partial charge in [0, 0.05) is 11.3 Å². The Hall–Kier alpha value is -0.330. The van der Waals surface area contributed by atoms with E-state index in [0.717, 1.165) is 6.42 Å². The molecule has 0 spiro atoms. The van der Waals surface area contributed by atoms with Gasteiger partial charge in [0.25, 0.3) is 0 Å². The zero-order valence-electron chi connectivity index (χ0n) is 8.48. The maximum atomic E-state index is 11.9. The van der Waals surface area contributed by atoms with Gasteiger partial charge in [-0.2, -0.15) is 0 Å². The number of hydrogen-bond acceptors (Lipinski definition) is 1. The van der Waals surface area contributed by atoms with Crippen molar-refractivity contribution in [3.63, 3.8) is 0 Å². The highest BCUT2D eigenvalue weighted by Crippen LogP contribution is 2.65. The van der Waals surface area contributed by atoms with Crippen LogP contribution in [0.25, 0.3) is 0 Å². The number of ketones is 1. The normalized spacial score (nSPS) is 50.2. The fourth-order valence-electron chi connectivity index (χ4n) is 3.54. The van der Waals surface area contributed by atoms with Crippen LogP contribution in [0.2, 0.25) is 0 Å². The third kappa shape index (κ3) is 0.605. The minimum Gasteiger partial charge on any atom is -0.299 e. The van der Waals surface area contributed by atoms with Crippen LogP contribution in [-0.4, -0.2) is 5.78 Å². The first-order valence-corrected chi connectivity index (χ1v) is 4.95. The van der Waals surface area contributed by atoms with Gasteiger partial charge in [-0.15, -0.1) is 0 Å². The Balaban J connectivity index is 2.50. The van der Waals surface area contributed by atoms with Crippen molar-refractivity contribution in [1.29, 1.82) is 0 Å². The number of rotatable bonds is 0. The van der Waals surface area contributed by atoms with Gasteiger partial charge in [0.2, 0.25) is 0 Å². The Labute approximate surface area is 74.5 Å². The predicted octanol–water partition coefficient (Wildman–Crippen LogP) is 2.65. The van der Waals surface area contributed by atoms with E-state index in [2.05, 4.69) is 27.7 Å². The van der Waals surface area contributed by atoms with Crippen molar-refractivity contribution < 1.29 is 4.79 Å². The van der Waals surface area contributed by atoms with Crippen molar-refractivity contribution in [2.45, 2.75) is 40.5 Å². The van der Waals surface area contributed by atoms with Gasteiger partial charge in [-0.1, -0.05) is 27.7 Å². The second-order valence-electron chi connectivity index (χ2n) is 5.35. The summed E-state index contributed by atoms with van der Waals surface area (Å²) in [5.74, 6) is 1.48. The molecule has 2 aliphatic rings. The summed E-state index contributed by atoms with van der Waals surface area (Å²) in [4.78, 5) is 11.9. The van der Waals surface area contributed by atoms with Crippen molar-refractivity contribution in [3.05, 3.63) is 0 Å². The molecule has 1 nitrogen and oxygen atoms in total. The Bertz CT molecular complexity index is 241. The predicted molar refractivity (Wildman–Crippen MR) is 48.8 cm³/mol. The standard InChI is InChI=1S/C11H18O/c1-7-8-5-6-11(4,9(7)12)10(8,2)3/h7-8H,5-6H2,1-4H3/t7-,8+,11+/m0/s1. The summed E-state index contributed by atoms with van der Waals surface area (Å²) in [6.07, 6.45) is 2.38. The number of carbonyl (C=O) groups is 1. The summed E-state index contributed by atoms with van der Waals surface area (Å²) in [7, 11) is 0. The van der Waals surface area contributed by atoms with Crippen LogP contribution >= 0.6 is 0 Å². The van der Waals surface area contributed by atoms with E-state index >= 15 is 0 Å². The minimum absolute atomic E-state index is 0.00289. The fourth-order valence-corrected chi connectivity index (χ4v) is 3.54. The summed E-state index contributed by atoms with van der Waals surface area (Å²) in [6, 6.07) is 0. The van der Waals surface area contributed by atoms with E-state index in [1.165, 1.54) is 6.42 Å². The van der Waals surface area contributed by atoms with Crippen LogP contribution < -0.4 is 0 Å². The molecule has 0 aromatic heterocycles. The summed E-state index contributed by atoms with van der Waals surface area (Å²) in [5.41, 5.74) is 0.251. The van der Waals surface area contributed by atoms with Gasteiger partial charge >= 0.3 is 0 Å². The lowest BCUT2D eigenvalue weighted by molar-refractivity contribution is -0.131. The molecule has 0 radical (unpaired) electrons. The van der Waals surface area contributed by atoms with E-state index in [4.69, 9.17) is 0 Å². The molecule has 2 bridgehead atoms. The highest BCUT2D eigenvalue weighted by Gasteiger charge is 2.64. The summed E-state index contributed by atoms with van der Waals surface area (Å²) in [6.45, 7) is 8.82. The van der Waals surface area contributed by atoms with Gasteiger partial charge in [0.15, 0.2) is 0 Å². The first-order chi connectivity index (χ1) is 5.41. The molecule has 68 valence electrons. The average Bonchev–Trinajstić information content (AvgIpc) is 2.26. The molecule has 0 aromatic carbocycles. The molecule has 0 amide bonds. The van der Waals surface area contributed by atoms with E-state index in [1.54, 1.807) is 0 Å². The van der Waals surface area contributed by atoms with Crippen LogP contribution in [0.4, 0.5) is 0 Å². The third-order valence-corrected chi connectivity index (χ3v) is 4.87. The second kappa shape index (κ2) is 1.94. The number of hydrogen-bond donors (Lipinski definition) is 0. The minimum atomic E-state index is -0.00289. The zero-order chi connectivity index (χ0) is 9.15. The summed E-state index contributed by atoms with van der Waals surface area (Å²) < 4.78 is 0. The molecule has 3 atom stereocenters. The molecule has 0 aliphatic heterocycles. The van der Waals surface area contributed by atoms with E-state index in [1.807, 2.05) is 0 Å². The van der Waals surface area contributed by atoms with Gasteiger partial charge in [-0.25, -0.2) is 0 Å². The summed E-state index contributed by atoms with van der Waals surface area (Å²) >= 11 is 0. The topological polar surface area (TPSA) is 17.1 Å². The Morgan fingerprint density at radius 3 is 2.17 bits per heavy atom. The molecule has 2 rings (SSSR count). The van der Waals surface area contributed by atoms with Gasteiger partial charge < -0.3 is 0 Å². The van der Waals surface area contributed by atoms with Crippen molar-refractivity contribution in [3.8, 4) is 0 Å². The highest BCUT2D eigenvalue weighted by atomic mass is 16.1. The van der Waals surface area contributed by atoms with Crippen molar-refractivity contribution in [1.82, 2.24) is 0 Å². The fraction of sp³-hybridized carbons (Fsp3) is 0.909. The average molecular weight is 166 g/mol. The van der Waals surface area contributed by atoms with Crippen LogP contribution in [0.1, 0.15) is 40.5 Å². The lowest BCUT2D eigenvalue weighted by Crippen LogP contribution is -2.33. The van der Waals surface area contributed by atoms with Crippen molar-refractivity contribution in [2.75, 3.05) is 0 Å². The maximum Gasteiger partial charge on any atom is 0.142 e. The number of carbonyl (C=O) groups excluding carboxylic acids is 1. The highest BCUT2D eigenvalue weighted by molar-refractivity contribution is 5.91. The molecular formula is C11H18O. The summed E-state index contributed by atoms with van der Waals surface area (Å²) in [5, 5.41) is 0. The first kappa shape index (κ1) is 8.28. The lowest BCUT2D eigenvalue weighted by Gasteiger charge is -2.32. The molecule has 2 aliphatic carbocycles. The lowest BCUT2D eigenvalue weighted by atomic mass is 9.70. The van der Waals surface area contributed by atoms with Gasteiger partial charge in [0.1, 0.15) is 5.78 Å². The van der Waals surface area contributed by atoms with Crippen molar-refractivity contribution in [2.24, 2.45) is 22.7 Å². The van der Waals surface area contributed by atoms with Crippen LogP contribution in [0, 0.1) is 22.7 Å². The van der Waals surface area contributed by atoms with Gasteiger partial charge in [-0.05, 0) is 24.2 Å². The molecule has 12 heavy (non-hydrogen) atoms. The van der Waals surface area contributed by atoms with E-state index < -0.39 is 0 Å². The third-order valence-electron chi connectivity index (χ3n) is 4.87. The Kier molecular flexibility index (Phi) is 1.34. The van der Waals surface area contributed by atoms with E-state index in [-0.39, 0.29) is 10.8 Å². The SMILES string of the molecule is C[C@@H]1C(=O)[C@@]2(C)CC[C@H]1C2(C)C. The van der Waals surface area contributed by atoms with Crippen LogP contribution in [-0.2, 0) is 4.79 Å². The molecule has 0 saturated heterocycles. The zero-order valence-corrected chi connectivity index (χ0v) is 8.48. The first-order valence-electron chi connectivity index (χ1n) is 4.95. The van der Waals surface area contributed by atoms with Gasteiger partial charge in [0.05, 0.1) is 0 Å². The largest absolute Gasteiger partial charge is 0.299 e. The molecule has 2 saturated carbocycles. The molecule has 0 N–H and O–H groups in total. The maximum absolute atomic E-state index is 11.9. The quantitative estimate of drug-likeness (QED) is 0.540. The second-order valence-corrected chi connectivity index (χ2v) is 5.35. The monoisotopic (exact) mass is 166 g/mol. The molecule has 0 unspecified atom stereocenters. The van der Waals surface area contributed by atoms with Crippen LogP contribution in [0.3, 0.4) is 0 Å². The smallest absolute Gasteiger partial charge is 0.142 e. The molecular weight excluding hydrogens is 148 g/mol. The molecule has 0 aromatic rings. The van der Waals surface area contributed by atoms with Crippen LogP contribution in [0.15, 0.2) is 0 Å². The van der Waals surface area contributed by atoms with Crippen molar-refractivity contribution >= 4 is 5.78 Å². The van der Waals surface area contributed by atoms with Gasteiger partial charge in [-0.3, -0.25) is 4.79 Å². The molecule has 2 fully saturated rings. The van der Waals surface area contributed by atoms with Crippen LogP contribution in [0.5, 0.6) is 0 Å². The molecule has 1 heteroatoms. The van der Waals surface area contributed by atoms with E-state index in [0.29, 0.717) is 17.6 Å². The Morgan fingerprint density at radius 2 is 1.92 bits per heavy atom. The van der Waals surface area contributed by atoms with E-state index in [9.17, 15) is 4.79 Å².